The van der Waals surface area contributed by atoms with Gasteiger partial charge in [-0.25, -0.2) is 0 Å². The van der Waals surface area contributed by atoms with E-state index in [-0.39, 0.29) is 0 Å². The molecule has 8 N–H and O–H groups in total. The molecule has 1 amide bonds. The van der Waals surface area contributed by atoms with E-state index in [1.807, 2.05) is 0 Å². The summed E-state index contributed by atoms with van der Waals surface area (Å²) in [5, 5.41) is 72.3. The summed E-state index contributed by atoms with van der Waals surface area (Å²) in [7, 11) is 1.42. The summed E-state index contributed by atoms with van der Waals surface area (Å²) in [6.45, 7) is 0.381. The molecule has 170 valence electrons. The van der Waals surface area contributed by atoms with Gasteiger partial charge in [-0.1, -0.05) is 6.92 Å². The third kappa shape index (κ3) is 4.88. The van der Waals surface area contributed by atoms with E-state index in [4.69, 9.17) is 14.2 Å². The number of rotatable bonds is 7. The number of carbonyl (C=O) groups is 1. The highest BCUT2D eigenvalue weighted by atomic mass is 16.7. The topological polar surface area (TPSA) is 198 Å². The maximum Gasteiger partial charge on any atom is 0.225 e. The second-order valence-electron chi connectivity index (χ2n) is 7.23. The van der Waals surface area contributed by atoms with Crippen LogP contribution in [0.5, 0.6) is 0 Å². The van der Waals surface area contributed by atoms with E-state index >= 15 is 0 Å². The van der Waals surface area contributed by atoms with Crippen LogP contribution in [0.4, 0.5) is 0 Å². The van der Waals surface area contributed by atoms with Gasteiger partial charge in [-0.05, 0) is 6.42 Å². The Kier molecular flexibility index (Phi) is 8.72. The number of amides is 1. The Labute approximate surface area is 167 Å². The molecule has 29 heavy (non-hydrogen) atoms. The van der Waals surface area contributed by atoms with Crippen LogP contribution in [0.3, 0.4) is 0 Å². The monoisotopic (exact) mass is 425 g/mol. The van der Waals surface area contributed by atoms with Gasteiger partial charge in [0.05, 0.1) is 25.2 Å². The Balaban J connectivity index is 2.18. The second kappa shape index (κ2) is 10.4. The highest BCUT2D eigenvalue weighted by Crippen LogP contribution is 2.32. The van der Waals surface area contributed by atoms with E-state index in [0.29, 0.717) is 6.42 Å². The summed E-state index contributed by atoms with van der Waals surface area (Å²) in [4.78, 5) is 12.1. The van der Waals surface area contributed by atoms with E-state index in [1.165, 1.54) is 7.05 Å². The average molecular weight is 425 g/mol. The maximum absolute atomic E-state index is 12.1. The highest BCUT2D eigenvalue weighted by molar-refractivity contribution is 5.79. The summed E-state index contributed by atoms with van der Waals surface area (Å²) >= 11 is 0. The van der Waals surface area contributed by atoms with Gasteiger partial charge >= 0.3 is 0 Å². The molecule has 0 aliphatic carbocycles. The molecule has 12 heteroatoms. The number of aliphatic hydroxyl groups is 7. The van der Waals surface area contributed by atoms with E-state index in [0.717, 1.165) is 0 Å². The van der Waals surface area contributed by atoms with Crippen molar-refractivity contribution in [2.24, 2.45) is 5.92 Å². The zero-order chi connectivity index (χ0) is 21.9. The number of aliphatic hydroxyl groups excluding tert-OH is 7. The lowest BCUT2D eigenvalue weighted by Crippen LogP contribution is -2.65. The predicted molar refractivity (Wildman–Crippen MR) is 94.2 cm³/mol. The van der Waals surface area contributed by atoms with Crippen LogP contribution < -0.4 is 5.32 Å². The lowest BCUT2D eigenvalue weighted by Gasteiger charge is -2.47. The second-order valence-corrected chi connectivity index (χ2v) is 7.23. The van der Waals surface area contributed by atoms with E-state index in [9.17, 15) is 40.5 Å². The minimum atomic E-state index is -1.73. The predicted octanol–water partition coefficient (Wildman–Crippen LogP) is -4.57. The molecule has 0 bridgehead atoms. The number of hydrogen-bond acceptors (Lipinski definition) is 11. The van der Waals surface area contributed by atoms with Gasteiger partial charge in [0.1, 0.15) is 48.8 Å². The van der Waals surface area contributed by atoms with Crippen molar-refractivity contribution in [2.75, 3.05) is 20.3 Å². The van der Waals surface area contributed by atoms with Gasteiger partial charge in [-0.2, -0.15) is 0 Å². The Hall–Kier alpha value is -0.930. The first-order valence-electron chi connectivity index (χ1n) is 9.51. The van der Waals surface area contributed by atoms with E-state index < -0.39 is 86.3 Å². The van der Waals surface area contributed by atoms with Crippen LogP contribution >= 0.6 is 0 Å². The maximum atomic E-state index is 12.1. The molecule has 0 aromatic heterocycles. The average Bonchev–Trinajstić information content (AvgIpc) is 2.73. The molecule has 0 saturated carbocycles. The normalized spacial score (nSPS) is 44.3. The first-order chi connectivity index (χ1) is 13.7. The Morgan fingerprint density at radius 1 is 0.931 bits per heavy atom. The molecule has 12 nitrogen and oxygen atoms in total. The quantitative estimate of drug-likeness (QED) is 0.195. The lowest BCUT2D eigenvalue weighted by molar-refractivity contribution is -0.343. The first-order valence-corrected chi connectivity index (χ1v) is 9.51. The number of carbonyl (C=O) groups excluding carboxylic acids is 1. The van der Waals surface area contributed by atoms with E-state index in [1.54, 1.807) is 6.92 Å². The fourth-order valence-corrected chi connectivity index (χ4v) is 3.70. The van der Waals surface area contributed by atoms with Crippen LogP contribution in [0.25, 0.3) is 0 Å². The summed E-state index contributed by atoms with van der Waals surface area (Å²) < 4.78 is 16.4. The minimum absolute atomic E-state index is 0.296. The van der Waals surface area contributed by atoms with E-state index in [2.05, 4.69) is 5.32 Å². The van der Waals surface area contributed by atoms with Gasteiger partial charge in [-0.3, -0.25) is 4.79 Å². The van der Waals surface area contributed by atoms with Crippen molar-refractivity contribution in [1.82, 2.24) is 5.32 Å². The summed E-state index contributed by atoms with van der Waals surface area (Å²) in [6, 6.07) is 0. The van der Waals surface area contributed by atoms with Gasteiger partial charge < -0.3 is 55.3 Å². The number of hydrogen-bond donors (Lipinski definition) is 8. The van der Waals surface area contributed by atoms with Gasteiger partial charge in [0, 0.05) is 7.05 Å². The van der Waals surface area contributed by atoms with Crippen LogP contribution in [0.15, 0.2) is 0 Å². The van der Waals surface area contributed by atoms with Gasteiger partial charge in [0.25, 0.3) is 0 Å². The molecule has 2 aliphatic rings. The zero-order valence-electron chi connectivity index (χ0n) is 16.2. The van der Waals surface area contributed by atoms with Gasteiger partial charge in [-0.15, -0.1) is 0 Å². The van der Waals surface area contributed by atoms with Gasteiger partial charge in [0.2, 0.25) is 5.91 Å². The molecule has 0 radical (unpaired) electrons. The summed E-state index contributed by atoms with van der Waals surface area (Å²) in [5.74, 6) is -1.21. The molecular weight excluding hydrogens is 394 g/mol. The third-order valence-corrected chi connectivity index (χ3v) is 5.46. The molecule has 0 aromatic carbocycles. The third-order valence-electron chi connectivity index (χ3n) is 5.46. The largest absolute Gasteiger partial charge is 0.394 e. The first kappa shape index (κ1) is 24.3. The molecule has 2 heterocycles. The lowest BCUT2D eigenvalue weighted by atomic mass is 9.86. The van der Waals surface area contributed by atoms with Crippen LogP contribution in [-0.2, 0) is 19.0 Å². The van der Waals surface area contributed by atoms with Crippen LogP contribution in [0, 0.1) is 5.92 Å². The smallest absolute Gasteiger partial charge is 0.225 e. The van der Waals surface area contributed by atoms with Crippen molar-refractivity contribution in [3.63, 3.8) is 0 Å². The molecule has 11 atom stereocenters. The molecule has 2 fully saturated rings. The van der Waals surface area contributed by atoms with Crippen LogP contribution in [0.1, 0.15) is 13.3 Å². The molecule has 2 aliphatic heterocycles. The summed E-state index contributed by atoms with van der Waals surface area (Å²) in [6.07, 6.45) is -14.4. The van der Waals surface area contributed by atoms with Crippen molar-refractivity contribution in [2.45, 2.75) is 74.6 Å². The molecule has 3 unspecified atom stereocenters. The minimum Gasteiger partial charge on any atom is -0.394 e. The molecule has 2 rings (SSSR count). The Morgan fingerprint density at radius 3 is 2.07 bits per heavy atom. The van der Waals surface area contributed by atoms with Crippen molar-refractivity contribution in [1.29, 1.82) is 0 Å². The Bertz CT molecular complexity index is 534. The van der Waals surface area contributed by atoms with Crippen molar-refractivity contribution in [3.05, 3.63) is 0 Å². The molecular formula is C17H31NO11. The van der Waals surface area contributed by atoms with Gasteiger partial charge in [0.15, 0.2) is 6.29 Å². The molecule has 0 aromatic rings. The van der Waals surface area contributed by atoms with Crippen molar-refractivity contribution in [3.8, 4) is 0 Å². The van der Waals surface area contributed by atoms with Crippen LogP contribution in [0.2, 0.25) is 0 Å². The number of ether oxygens (including phenoxy) is 3. The van der Waals surface area contributed by atoms with Crippen LogP contribution in [-0.4, -0.2) is 123 Å². The zero-order valence-corrected chi connectivity index (χ0v) is 16.2. The number of nitrogens with one attached hydrogen (secondary N) is 1. The molecule has 0 spiro atoms. The summed E-state index contributed by atoms with van der Waals surface area (Å²) in [5.41, 5.74) is 0. The highest BCUT2D eigenvalue weighted by Gasteiger charge is 2.52. The SMILES string of the molecule is CCC(C(=O)NC)C1O[C@H](CO)[C@@H](OC2O[C@H](CO)[C@H](O)[C@H](O)[C@H]2O)[C@H](O)[C@H]1O. The Morgan fingerprint density at radius 2 is 1.55 bits per heavy atom. The van der Waals surface area contributed by atoms with Crippen molar-refractivity contribution < 1.29 is 54.8 Å². The fraction of sp³-hybridized carbons (Fsp3) is 0.941. The standard InChI is InChI=1S/C17H31NO11/c1-3-6(16(26)18-2)14-11(23)12(24)15(8(5-20)27-14)29-17-13(25)10(22)9(21)7(4-19)28-17/h6-15,17,19-25H,3-5H2,1-2H3,(H,18,26)/t6?,7-,8-,9+,10+,11-,12-,13-,14?,15-,17?/m1/s1. The molecule has 2 saturated heterocycles. The fourth-order valence-electron chi connectivity index (χ4n) is 3.70. The van der Waals surface area contributed by atoms with Crippen molar-refractivity contribution >= 4 is 5.91 Å².